The molecule has 23 heavy (non-hydrogen) atoms. The molecule has 0 aromatic heterocycles. The van der Waals surface area contributed by atoms with Crippen molar-refractivity contribution < 1.29 is 10.2 Å². The molecule has 0 aliphatic heterocycles. The average molecular weight is 424 g/mol. The minimum absolute atomic E-state index is 0.0181. The summed E-state index contributed by atoms with van der Waals surface area (Å²) in [4.78, 5) is 0. The number of aromatic hydroxyl groups is 1. The van der Waals surface area contributed by atoms with Gasteiger partial charge in [0.25, 0.3) is 0 Å². The predicted molar refractivity (Wildman–Crippen MR) is 101 cm³/mol. The van der Waals surface area contributed by atoms with E-state index in [4.69, 9.17) is 0 Å². The number of rotatable bonds is 1. The van der Waals surface area contributed by atoms with Gasteiger partial charge in [0.2, 0.25) is 0 Å². The molecule has 1 aromatic carbocycles. The van der Waals surface area contributed by atoms with E-state index in [0.717, 1.165) is 32.1 Å². The third-order valence-electron chi connectivity index (χ3n) is 7.26. The van der Waals surface area contributed by atoms with E-state index in [1.165, 1.54) is 17.5 Å². The second-order valence-electron chi connectivity index (χ2n) is 8.01. The molecule has 2 saturated carbocycles. The Hall–Kier alpha value is -0.550. The van der Waals surface area contributed by atoms with Gasteiger partial charge in [-0.3, -0.25) is 0 Å². The Kier molecular flexibility index (Phi) is 3.80. The zero-order valence-corrected chi connectivity index (χ0v) is 15.8. The summed E-state index contributed by atoms with van der Waals surface area (Å²) in [6.07, 6.45) is 8.61. The number of aliphatic hydroxyl groups is 1. The summed E-state index contributed by atoms with van der Waals surface area (Å²) in [6.45, 7) is 2.32. The van der Waals surface area contributed by atoms with Crippen molar-refractivity contribution in [1.82, 2.24) is 0 Å². The predicted octanol–water partition coefficient (Wildman–Crippen LogP) is 4.93. The first-order valence-corrected chi connectivity index (χ1v) is 10.1. The SMILES string of the molecule is C[C@]12CC[C@@H]3c4ccc(O)cc4CC[C@H]3[C@@H]1CC[C@@]2(O)/C=C/I. The molecule has 0 amide bonds. The molecule has 0 heterocycles. The number of phenolic OH excluding ortho intramolecular Hbond substituents is 1. The molecule has 4 rings (SSSR count). The minimum atomic E-state index is -0.626. The monoisotopic (exact) mass is 424 g/mol. The lowest BCUT2D eigenvalue weighted by Gasteiger charge is -2.52. The number of aryl methyl sites for hydroxylation is 1. The van der Waals surface area contributed by atoms with Gasteiger partial charge in [-0.2, -0.15) is 0 Å². The summed E-state index contributed by atoms with van der Waals surface area (Å²) in [5.41, 5.74) is 2.19. The Balaban J connectivity index is 1.70. The molecule has 3 aliphatic rings. The van der Waals surface area contributed by atoms with Gasteiger partial charge in [0.15, 0.2) is 0 Å². The number of halogens is 1. The molecule has 2 N–H and O–H groups in total. The molecule has 2 fully saturated rings. The summed E-state index contributed by atoms with van der Waals surface area (Å²) < 4.78 is 2.00. The maximum absolute atomic E-state index is 11.2. The Morgan fingerprint density at radius 3 is 2.83 bits per heavy atom. The van der Waals surface area contributed by atoms with Gasteiger partial charge < -0.3 is 10.2 Å². The number of benzene rings is 1. The van der Waals surface area contributed by atoms with Gasteiger partial charge in [0.1, 0.15) is 5.75 Å². The van der Waals surface area contributed by atoms with Crippen LogP contribution in [-0.4, -0.2) is 15.8 Å². The second kappa shape index (κ2) is 5.48. The largest absolute Gasteiger partial charge is 0.508 e. The van der Waals surface area contributed by atoms with E-state index in [2.05, 4.69) is 35.6 Å². The van der Waals surface area contributed by atoms with Crippen LogP contribution in [0.2, 0.25) is 0 Å². The summed E-state index contributed by atoms with van der Waals surface area (Å²) in [7, 11) is 0. The third-order valence-corrected chi connectivity index (χ3v) is 7.62. The highest BCUT2D eigenvalue weighted by Crippen LogP contribution is 2.64. The molecular weight excluding hydrogens is 399 g/mol. The highest BCUT2D eigenvalue weighted by Gasteiger charge is 2.60. The first-order valence-electron chi connectivity index (χ1n) is 8.80. The van der Waals surface area contributed by atoms with Gasteiger partial charge in [-0.1, -0.05) is 35.6 Å². The lowest BCUT2D eigenvalue weighted by molar-refractivity contribution is -0.0708. The zero-order chi connectivity index (χ0) is 16.2. The van der Waals surface area contributed by atoms with Gasteiger partial charge in [-0.05, 0) is 89.7 Å². The van der Waals surface area contributed by atoms with E-state index in [0.29, 0.717) is 23.5 Å². The van der Waals surface area contributed by atoms with E-state index < -0.39 is 5.60 Å². The molecule has 0 bridgehead atoms. The Bertz CT molecular complexity index is 655. The van der Waals surface area contributed by atoms with Gasteiger partial charge in [0.05, 0.1) is 5.60 Å². The molecule has 3 aliphatic carbocycles. The minimum Gasteiger partial charge on any atom is -0.508 e. The fraction of sp³-hybridized carbons (Fsp3) is 0.600. The smallest absolute Gasteiger partial charge is 0.115 e. The highest BCUT2D eigenvalue weighted by atomic mass is 127. The van der Waals surface area contributed by atoms with Crippen molar-refractivity contribution in [3.63, 3.8) is 0 Å². The standard InChI is InChI=1S/C20H25IO2/c1-19-8-6-16-15-5-3-14(22)12-13(15)2-4-17(16)18(19)7-9-20(19,23)10-11-21/h3,5,10-12,16-18,22-23H,2,4,6-9H2,1H3/b11-10+/t16-,17-,18+,19+,20-/m1/s1. The van der Waals surface area contributed by atoms with Crippen LogP contribution in [0.4, 0.5) is 0 Å². The lowest BCUT2D eigenvalue weighted by atomic mass is 9.53. The van der Waals surface area contributed by atoms with Crippen LogP contribution in [0, 0.1) is 17.3 Å². The van der Waals surface area contributed by atoms with E-state index in [-0.39, 0.29) is 5.41 Å². The van der Waals surface area contributed by atoms with Crippen molar-refractivity contribution in [2.45, 2.75) is 57.0 Å². The van der Waals surface area contributed by atoms with Crippen LogP contribution in [0.5, 0.6) is 5.75 Å². The molecule has 3 heteroatoms. The molecule has 1 aromatic rings. The first kappa shape index (κ1) is 15.9. The van der Waals surface area contributed by atoms with Gasteiger partial charge in [0, 0.05) is 5.41 Å². The fourth-order valence-electron chi connectivity index (χ4n) is 6.00. The molecule has 0 radical (unpaired) electrons. The molecule has 2 nitrogen and oxygen atoms in total. The van der Waals surface area contributed by atoms with Crippen molar-refractivity contribution in [2.75, 3.05) is 0 Å². The molecule has 0 saturated heterocycles. The lowest BCUT2D eigenvalue weighted by Crippen LogP contribution is -2.49. The van der Waals surface area contributed by atoms with Crippen molar-refractivity contribution in [3.8, 4) is 5.75 Å². The summed E-state index contributed by atoms with van der Waals surface area (Å²) >= 11 is 2.23. The Morgan fingerprint density at radius 1 is 1.22 bits per heavy atom. The Labute approximate surface area is 152 Å². The van der Waals surface area contributed by atoms with E-state index in [9.17, 15) is 10.2 Å². The van der Waals surface area contributed by atoms with Crippen molar-refractivity contribution in [3.05, 3.63) is 39.5 Å². The summed E-state index contributed by atoms with van der Waals surface area (Å²) in [6, 6.07) is 5.96. The van der Waals surface area contributed by atoms with Crippen LogP contribution in [0.25, 0.3) is 0 Å². The van der Waals surface area contributed by atoms with Crippen molar-refractivity contribution >= 4 is 22.6 Å². The fourth-order valence-corrected chi connectivity index (χ4v) is 6.59. The van der Waals surface area contributed by atoms with E-state index in [1.54, 1.807) is 0 Å². The number of fused-ring (bicyclic) bond motifs is 5. The van der Waals surface area contributed by atoms with Crippen LogP contribution in [0.3, 0.4) is 0 Å². The highest BCUT2D eigenvalue weighted by molar-refractivity contribution is 14.1. The van der Waals surface area contributed by atoms with Crippen LogP contribution in [0.1, 0.15) is 56.1 Å². The van der Waals surface area contributed by atoms with Crippen molar-refractivity contribution in [1.29, 1.82) is 0 Å². The van der Waals surface area contributed by atoms with Gasteiger partial charge >= 0.3 is 0 Å². The summed E-state index contributed by atoms with van der Waals surface area (Å²) in [5, 5.41) is 21.0. The number of hydrogen-bond donors (Lipinski definition) is 2. The topological polar surface area (TPSA) is 40.5 Å². The van der Waals surface area contributed by atoms with Crippen LogP contribution in [-0.2, 0) is 6.42 Å². The quantitative estimate of drug-likeness (QED) is 0.628. The zero-order valence-electron chi connectivity index (χ0n) is 13.6. The van der Waals surface area contributed by atoms with Crippen molar-refractivity contribution in [2.24, 2.45) is 17.3 Å². The van der Waals surface area contributed by atoms with Crippen LogP contribution in [0.15, 0.2) is 28.4 Å². The molecule has 5 atom stereocenters. The average Bonchev–Trinajstić information content (AvgIpc) is 2.79. The maximum atomic E-state index is 11.2. The van der Waals surface area contributed by atoms with Gasteiger partial charge in [-0.25, -0.2) is 0 Å². The molecular formula is C20H25IO2. The summed E-state index contributed by atoms with van der Waals surface area (Å²) in [5.74, 6) is 2.30. The molecule has 124 valence electrons. The van der Waals surface area contributed by atoms with E-state index >= 15 is 0 Å². The molecule has 0 unspecified atom stereocenters. The van der Waals surface area contributed by atoms with E-state index in [1.807, 2.05) is 22.3 Å². The third kappa shape index (κ3) is 2.22. The maximum Gasteiger partial charge on any atom is 0.115 e. The number of hydrogen-bond acceptors (Lipinski definition) is 2. The second-order valence-corrected chi connectivity index (χ2v) is 8.73. The van der Waals surface area contributed by atoms with Crippen LogP contribution < -0.4 is 0 Å². The first-order chi connectivity index (χ1) is 11.0. The number of phenols is 1. The molecule has 0 spiro atoms. The Morgan fingerprint density at radius 2 is 2.04 bits per heavy atom. The van der Waals surface area contributed by atoms with Crippen LogP contribution >= 0.6 is 22.6 Å². The normalized spacial score (nSPS) is 42.3. The van der Waals surface area contributed by atoms with Gasteiger partial charge in [-0.15, -0.1) is 0 Å².